The van der Waals surface area contributed by atoms with E-state index in [2.05, 4.69) is 33.6 Å². The van der Waals surface area contributed by atoms with Gasteiger partial charge in [0.2, 0.25) is 17.7 Å². The zero-order chi connectivity index (χ0) is 28.8. The normalized spacial score (nSPS) is 14.7. The molecule has 212 valence electrons. The first kappa shape index (κ1) is 32.5. The summed E-state index contributed by atoms with van der Waals surface area (Å²) in [5.41, 5.74) is 17.3. The number of carbonyl (C=O) groups excluding carboxylic acids is 3. The van der Waals surface area contributed by atoms with E-state index >= 15 is 0 Å². The highest BCUT2D eigenvalue weighted by molar-refractivity contribution is 7.80. The summed E-state index contributed by atoms with van der Waals surface area (Å²) < 4.78 is 0. The molecule has 0 aliphatic heterocycles. The number of phenolic OH excluding ortho intramolecular Hbond substituents is 1. The van der Waals surface area contributed by atoms with E-state index < -0.39 is 47.9 Å². The minimum absolute atomic E-state index is 0.0781. The smallest absolute Gasteiger partial charge is 0.326 e. The Morgan fingerprint density at radius 3 is 2.11 bits per heavy atom. The number of phenols is 1. The molecule has 11 N–H and O–H groups in total. The van der Waals surface area contributed by atoms with E-state index in [0.29, 0.717) is 18.4 Å². The van der Waals surface area contributed by atoms with Gasteiger partial charge in [0.15, 0.2) is 5.96 Å². The van der Waals surface area contributed by atoms with Crippen molar-refractivity contribution in [3.63, 3.8) is 0 Å². The Bertz CT molecular complexity index is 972. The van der Waals surface area contributed by atoms with E-state index in [0.717, 1.165) is 0 Å². The average molecular weight is 554 g/mol. The number of hydrogen-bond donors (Lipinski definition) is 9. The lowest BCUT2D eigenvalue weighted by Gasteiger charge is -2.26. The average Bonchev–Trinajstić information content (AvgIpc) is 2.87. The molecule has 0 aliphatic rings. The van der Waals surface area contributed by atoms with Gasteiger partial charge in [-0.2, -0.15) is 12.6 Å². The fraction of sp³-hybridized carbons (Fsp3) is 0.542. The van der Waals surface area contributed by atoms with Crippen molar-refractivity contribution in [1.29, 1.82) is 0 Å². The van der Waals surface area contributed by atoms with Gasteiger partial charge in [0.05, 0.1) is 6.04 Å². The number of nitrogens with zero attached hydrogens (tertiary/aromatic N) is 1. The summed E-state index contributed by atoms with van der Waals surface area (Å²) in [6, 6.07) is 1.82. The lowest BCUT2D eigenvalue weighted by molar-refractivity contribution is -0.143. The molecular weight excluding hydrogens is 514 g/mol. The second-order valence-corrected chi connectivity index (χ2v) is 9.31. The number of carboxylic acids is 1. The summed E-state index contributed by atoms with van der Waals surface area (Å²) in [5, 5.41) is 26.5. The van der Waals surface area contributed by atoms with Crippen LogP contribution in [0.2, 0.25) is 0 Å². The van der Waals surface area contributed by atoms with Crippen molar-refractivity contribution in [1.82, 2.24) is 16.0 Å². The number of guanidine groups is 1. The number of rotatable bonds is 16. The lowest BCUT2D eigenvalue weighted by atomic mass is 9.98. The summed E-state index contributed by atoms with van der Waals surface area (Å²) in [6.07, 6.45) is 1.09. The molecule has 0 bridgehead atoms. The van der Waals surface area contributed by atoms with Gasteiger partial charge in [-0.3, -0.25) is 19.4 Å². The van der Waals surface area contributed by atoms with E-state index in [1.165, 1.54) is 12.1 Å². The van der Waals surface area contributed by atoms with Crippen LogP contribution in [-0.2, 0) is 25.6 Å². The molecule has 0 aliphatic carbocycles. The van der Waals surface area contributed by atoms with Crippen molar-refractivity contribution in [2.24, 2.45) is 28.1 Å². The summed E-state index contributed by atoms with van der Waals surface area (Å²) in [4.78, 5) is 54.1. The van der Waals surface area contributed by atoms with Crippen LogP contribution < -0.4 is 33.2 Å². The molecule has 5 atom stereocenters. The number of hydrogen-bond acceptors (Lipinski definition) is 8. The molecule has 13 nitrogen and oxygen atoms in total. The Kier molecular flexibility index (Phi) is 14.0. The zero-order valence-corrected chi connectivity index (χ0v) is 22.5. The van der Waals surface area contributed by atoms with Crippen LogP contribution in [0.15, 0.2) is 29.3 Å². The standard InChI is InChI=1S/C24H39N7O6S/c1-3-13(2)19(23(36)37)31-21(34)17(5-4-10-28-24(26)27)29-22(35)18(12-38)30-20(33)16(25)11-14-6-8-15(32)9-7-14/h6-9,13,16-19,32,38H,3-5,10-12,25H2,1-2H3,(H,29,35)(H,30,33)(H,31,34)(H,36,37)(H4,26,27,28). The monoisotopic (exact) mass is 553 g/mol. The Labute approximate surface area is 227 Å². The third-order valence-corrected chi connectivity index (χ3v) is 6.26. The highest BCUT2D eigenvalue weighted by Crippen LogP contribution is 2.12. The molecule has 14 heteroatoms. The van der Waals surface area contributed by atoms with Gasteiger partial charge in [0.1, 0.15) is 23.9 Å². The van der Waals surface area contributed by atoms with Crippen molar-refractivity contribution in [2.45, 2.75) is 63.7 Å². The van der Waals surface area contributed by atoms with E-state index in [4.69, 9.17) is 17.2 Å². The van der Waals surface area contributed by atoms with Crippen molar-refractivity contribution in [3.8, 4) is 5.75 Å². The molecule has 3 amide bonds. The van der Waals surface area contributed by atoms with Crippen molar-refractivity contribution in [3.05, 3.63) is 29.8 Å². The van der Waals surface area contributed by atoms with Gasteiger partial charge in [0, 0.05) is 12.3 Å². The van der Waals surface area contributed by atoms with Gasteiger partial charge >= 0.3 is 5.97 Å². The van der Waals surface area contributed by atoms with Crippen molar-refractivity contribution >= 4 is 42.3 Å². The molecule has 38 heavy (non-hydrogen) atoms. The first-order valence-corrected chi connectivity index (χ1v) is 12.9. The molecular formula is C24H39N7O6S. The van der Waals surface area contributed by atoms with Crippen LogP contribution in [0.25, 0.3) is 0 Å². The summed E-state index contributed by atoms with van der Waals surface area (Å²) in [7, 11) is 0. The minimum atomic E-state index is -1.19. The maximum absolute atomic E-state index is 13.0. The SMILES string of the molecule is CCC(C)C(NC(=O)C(CCCN=C(N)N)NC(=O)C(CS)NC(=O)C(N)Cc1ccc(O)cc1)C(=O)O. The number of nitrogens with one attached hydrogen (secondary N) is 3. The number of nitrogens with two attached hydrogens (primary N) is 3. The number of aliphatic imine (C=N–C) groups is 1. The van der Waals surface area contributed by atoms with E-state index in [9.17, 15) is 29.4 Å². The third kappa shape index (κ3) is 11.3. The lowest BCUT2D eigenvalue weighted by Crippen LogP contribution is -2.58. The zero-order valence-electron chi connectivity index (χ0n) is 21.6. The largest absolute Gasteiger partial charge is 0.508 e. The summed E-state index contributed by atoms with van der Waals surface area (Å²) in [6.45, 7) is 3.68. The Balaban J connectivity index is 2.92. The van der Waals surface area contributed by atoms with Crippen LogP contribution in [0.1, 0.15) is 38.7 Å². The fourth-order valence-corrected chi connectivity index (χ4v) is 3.69. The second-order valence-electron chi connectivity index (χ2n) is 8.94. The fourth-order valence-electron chi connectivity index (χ4n) is 3.43. The number of aromatic hydroxyl groups is 1. The van der Waals surface area contributed by atoms with Crippen molar-refractivity contribution < 1.29 is 29.4 Å². The van der Waals surface area contributed by atoms with Crippen LogP contribution in [0.5, 0.6) is 5.75 Å². The number of benzene rings is 1. The molecule has 0 spiro atoms. The van der Waals surface area contributed by atoms with Gasteiger partial charge in [-0.25, -0.2) is 4.79 Å². The molecule has 1 aromatic carbocycles. The topological polar surface area (TPSA) is 235 Å². The van der Waals surface area contributed by atoms with Crippen LogP contribution in [0, 0.1) is 5.92 Å². The van der Waals surface area contributed by atoms with Crippen LogP contribution in [0.4, 0.5) is 0 Å². The van der Waals surface area contributed by atoms with Gasteiger partial charge in [-0.05, 0) is 42.9 Å². The number of thiol groups is 1. The molecule has 1 aromatic rings. The van der Waals surface area contributed by atoms with Crippen LogP contribution in [0.3, 0.4) is 0 Å². The van der Waals surface area contributed by atoms with E-state index in [1.54, 1.807) is 26.0 Å². The van der Waals surface area contributed by atoms with Gasteiger partial charge < -0.3 is 43.4 Å². The van der Waals surface area contributed by atoms with Gasteiger partial charge in [-0.15, -0.1) is 0 Å². The predicted molar refractivity (Wildman–Crippen MR) is 146 cm³/mol. The first-order valence-electron chi connectivity index (χ1n) is 12.2. The van der Waals surface area contributed by atoms with E-state index in [-0.39, 0.29) is 42.8 Å². The molecule has 0 aromatic heterocycles. The maximum atomic E-state index is 13.0. The van der Waals surface area contributed by atoms with Crippen LogP contribution in [-0.4, -0.2) is 76.3 Å². The summed E-state index contributed by atoms with van der Waals surface area (Å²) in [5.74, 6) is -3.67. The Morgan fingerprint density at radius 2 is 1.58 bits per heavy atom. The number of carbonyl (C=O) groups is 4. The van der Waals surface area contributed by atoms with Gasteiger partial charge in [0.25, 0.3) is 0 Å². The molecule has 0 fully saturated rings. The molecule has 0 saturated heterocycles. The van der Waals surface area contributed by atoms with Gasteiger partial charge in [-0.1, -0.05) is 32.4 Å². The third-order valence-electron chi connectivity index (χ3n) is 5.90. The molecule has 0 heterocycles. The van der Waals surface area contributed by atoms with Crippen LogP contribution >= 0.6 is 12.6 Å². The number of aliphatic carboxylic acids is 1. The molecule has 1 rings (SSSR count). The molecule has 0 radical (unpaired) electrons. The molecule has 5 unspecified atom stereocenters. The Morgan fingerprint density at radius 1 is 1.00 bits per heavy atom. The highest BCUT2D eigenvalue weighted by atomic mass is 32.1. The van der Waals surface area contributed by atoms with Crippen molar-refractivity contribution in [2.75, 3.05) is 12.3 Å². The molecule has 0 saturated carbocycles. The maximum Gasteiger partial charge on any atom is 0.326 e. The minimum Gasteiger partial charge on any atom is -0.508 e. The summed E-state index contributed by atoms with van der Waals surface area (Å²) >= 11 is 4.14. The first-order chi connectivity index (χ1) is 17.9. The second kappa shape index (κ2) is 16.3. The Hall–Kier alpha value is -3.52. The predicted octanol–water partition coefficient (Wildman–Crippen LogP) is -1.17. The number of amides is 3. The highest BCUT2D eigenvalue weighted by Gasteiger charge is 2.31. The number of carboxylic acid groups (broad SMARTS) is 1. The van der Waals surface area contributed by atoms with E-state index in [1.807, 2.05) is 0 Å². The quantitative estimate of drug-likeness (QED) is 0.0518.